The van der Waals surface area contributed by atoms with Gasteiger partial charge in [-0.05, 0) is 42.8 Å². The number of rotatable bonds is 8. The Bertz CT molecular complexity index is 885. The molecule has 2 aromatic rings. The first-order valence-corrected chi connectivity index (χ1v) is 10.4. The monoisotopic (exact) mass is 442 g/mol. The van der Waals surface area contributed by atoms with Crippen molar-refractivity contribution in [2.75, 3.05) is 31.4 Å². The molecule has 0 heterocycles. The second-order valence-corrected chi connectivity index (χ2v) is 8.69. The zero-order valence-corrected chi connectivity index (χ0v) is 16.8. The summed E-state index contributed by atoms with van der Waals surface area (Å²) in [5.41, 5.74) is 0.579. The van der Waals surface area contributed by atoms with E-state index in [1.54, 1.807) is 36.2 Å². The van der Waals surface area contributed by atoms with E-state index in [4.69, 9.17) is 4.74 Å². The fourth-order valence-corrected chi connectivity index (χ4v) is 3.34. The van der Waals surface area contributed by atoms with Gasteiger partial charge in [0.2, 0.25) is 0 Å². The molecule has 0 N–H and O–H groups in total. The standard InChI is InChI=1S/C17H19BrN2O5S/c1-19(16-9-4-13(18)12-17(16)20(21)22)10-3-11-25-14-5-7-15(8-6-14)26(2,23)24/h4-9,12H,3,10-11H2,1-2H3. The molecule has 26 heavy (non-hydrogen) atoms. The molecule has 0 spiro atoms. The molecule has 2 aromatic carbocycles. The summed E-state index contributed by atoms with van der Waals surface area (Å²) in [7, 11) is -1.43. The molecular weight excluding hydrogens is 424 g/mol. The van der Waals surface area contributed by atoms with E-state index in [1.165, 1.54) is 18.2 Å². The largest absolute Gasteiger partial charge is 0.494 e. The first-order valence-electron chi connectivity index (χ1n) is 7.76. The van der Waals surface area contributed by atoms with Gasteiger partial charge in [-0.3, -0.25) is 10.1 Å². The fourth-order valence-electron chi connectivity index (χ4n) is 2.36. The van der Waals surface area contributed by atoms with Crippen LogP contribution in [0.2, 0.25) is 0 Å². The zero-order chi connectivity index (χ0) is 19.3. The van der Waals surface area contributed by atoms with Gasteiger partial charge in [0, 0.05) is 30.4 Å². The van der Waals surface area contributed by atoms with E-state index in [0.717, 1.165) is 6.26 Å². The molecule has 0 saturated heterocycles. The van der Waals surface area contributed by atoms with Crippen molar-refractivity contribution < 1.29 is 18.1 Å². The van der Waals surface area contributed by atoms with Crippen molar-refractivity contribution in [3.8, 4) is 5.75 Å². The highest BCUT2D eigenvalue weighted by Gasteiger charge is 2.17. The summed E-state index contributed by atoms with van der Waals surface area (Å²) >= 11 is 3.24. The van der Waals surface area contributed by atoms with Crippen LogP contribution in [0.25, 0.3) is 0 Å². The van der Waals surface area contributed by atoms with Crippen LogP contribution in [0.1, 0.15) is 6.42 Å². The molecule has 0 unspecified atom stereocenters. The van der Waals surface area contributed by atoms with Crippen LogP contribution in [-0.4, -0.2) is 39.8 Å². The molecule has 2 rings (SSSR count). The van der Waals surface area contributed by atoms with E-state index in [1.807, 2.05) is 0 Å². The highest BCUT2D eigenvalue weighted by molar-refractivity contribution is 9.10. The molecule has 7 nitrogen and oxygen atoms in total. The van der Waals surface area contributed by atoms with Crippen LogP contribution in [0, 0.1) is 10.1 Å². The van der Waals surface area contributed by atoms with Gasteiger partial charge in [-0.15, -0.1) is 0 Å². The Labute approximate surface area is 160 Å². The summed E-state index contributed by atoms with van der Waals surface area (Å²) in [6, 6.07) is 11.2. The average molecular weight is 443 g/mol. The SMILES string of the molecule is CN(CCCOc1ccc(S(C)(=O)=O)cc1)c1ccc(Br)cc1[N+](=O)[O-]. The minimum Gasteiger partial charge on any atom is -0.494 e. The molecule has 0 aromatic heterocycles. The van der Waals surface area contributed by atoms with Crippen LogP contribution in [0.15, 0.2) is 51.8 Å². The number of sulfone groups is 1. The van der Waals surface area contributed by atoms with Gasteiger partial charge < -0.3 is 9.64 Å². The number of anilines is 1. The van der Waals surface area contributed by atoms with Gasteiger partial charge in [0.25, 0.3) is 5.69 Å². The second kappa shape index (κ2) is 8.50. The molecule has 0 aliphatic heterocycles. The lowest BCUT2D eigenvalue weighted by Crippen LogP contribution is -2.21. The third-order valence-corrected chi connectivity index (χ3v) is 5.33. The van der Waals surface area contributed by atoms with Gasteiger partial charge >= 0.3 is 0 Å². The van der Waals surface area contributed by atoms with E-state index >= 15 is 0 Å². The van der Waals surface area contributed by atoms with Crippen molar-refractivity contribution in [3.63, 3.8) is 0 Å². The summed E-state index contributed by atoms with van der Waals surface area (Å²) in [6.45, 7) is 0.983. The Kier molecular flexibility index (Phi) is 6.60. The topological polar surface area (TPSA) is 89.8 Å². The van der Waals surface area contributed by atoms with Gasteiger partial charge in [-0.25, -0.2) is 8.42 Å². The van der Waals surface area contributed by atoms with Crippen molar-refractivity contribution in [3.05, 3.63) is 57.1 Å². The molecular formula is C17H19BrN2O5S. The zero-order valence-electron chi connectivity index (χ0n) is 14.4. The Hall–Kier alpha value is -2.13. The Balaban J connectivity index is 1.89. The van der Waals surface area contributed by atoms with Crippen LogP contribution in [0.5, 0.6) is 5.75 Å². The summed E-state index contributed by atoms with van der Waals surface area (Å²) in [5.74, 6) is 0.578. The summed E-state index contributed by atoms with van der Waals surface area (Å²) in [5, 5.41) is 11.2. The lowest BCUT2D eigenvalue weighted by atomic mass is 10.2. The molecule has 0 saturated carbocycles. The number of ether oxygens (including phenoxy) is 1. The second-order valence-electron chi connectivity index (χ2n) is 5.76. The highest BCUT2D eigenvalue weighted by Crippen LogP contribution is 2.30. The fraction of sp³-hybridized carbons (Fsp3) is 0.294. The summed E-state index contributed by atoms with van der Waals surface area (Å²) in [6.07, 6.45) is 1.80. The summed E-state index contributed by atoms with van der Waals surface area (Å²) in [4.78, 5) is 12.8. The van der Waals surface area contributed by atoms with E-state index in [2.05, 4.69) is 15.9 Å². The van der Waals surface area contributed by atoms with Crippen molar-refractivity contribution in [2.24, 2.45) is 0 Å². The van der Waals surface area contributed by atoms with Gasteiger partial charge in [-0.2, -0.15) is 0 Å². The van der Waals surface area contributed by atoms with Crippen molar-refractivity contribution in [2.45, 2.75) is 11.3 Å². The van der Waals surface area contributed by atoms with Crippen molar-refractivity contribution in [1.82, 2.24) is 0 Å². The first-order chi connectivity index (χ1) is 12.2. The number of nitrogens with zero attached hydrogens (tertiary/aromatic N) is 2. The molecule has 0 aliphatic carbocycles. The first kappa shape index (κ1) is 20.2. The van der Waals surface area contributed by atoms with Crippen molar-refractivity contribution in [1.29, 1.82) is 0 Å². The summed E-state index contributed by atoms with van der Waals surface area (Å²) < 4.78 is 29.1. The van der Waals surface area contributed by atoms with E-state index < -0.39 is 14.8 Å². The molecule has 9 heteroatoms. The number of nitro benzene ring substituents is 1. The number of nitro groups is 1. The van der Waals surface area contributed by atoms with Gasteiger partial charge in [0.05, 0.1) is 16.4 Å². The maximum atomic E-state index is 11.4. The molecule has 0 fully saturated rings. The van der Waals surface area contributed by atoms with Crippen molar-refractivity contribution >= 4 is 37.1 Å². The highest BCUT2D eigenvalue weighted by atomic mass is 79.9. The predicted octanol–water partition coefficient (Wildman–Crippen LogP) is 3.67. The van der Waals surface area contributed by atoms with E-state index in [9.17, 15) is 18.5 Å². The Morgan fingerprint density at radius 1 is 1.19 bits per heavy atom. The van der Waals surface area contributed by atoms with Gasteiger partial charge in [0.15, 0.2) is 9.84 Å². The van der Waals surface area contributed by atoms with Crippen LogP contribution in [0.4, 0.5) is 11.4 Å². The third-order valence-electron chi connectivity index (χ3n) is 3.70. The third kappa shape index (κ3) is 5.43. The molecule has 0 bridgehead atoms. The smallest absolute Gasteiger partial charge is 0.293 e. The lowest BCUT2D eigenvalue weighted by Gasteiger charge is -2.19. The van der Waals surface area contributed by atoms with E-state index in [0.29, 0.717) is 35.5 Å². The molecule has 140 valence electrons. The number of hydrogen-bond acceptors (Lipinski definition) is 6. The number of halogens is 1. The van der Waals surface area contributed by atoms with E-state index in [-0.39, 0.29) is 10.6 Å². The van der Waals surface area contributed by atoms with Gasteiger partial charge in [0.1, 0.15) is 11.4 Å². The molecule has 0 amide bonds. The number of benzene rings is 2. The normalized spacial score (nSPS) is 11.2. The Morgan fingerprint density at radius 2 is 1.85 bits per heavy atom. The van der Waals surface area contributed by atoms with Crippen LogP contribution >= 0.6 is 15.9 Å². The maximum Gasteiger partial charge on any atom is 0.293 e. The average Bonchev–Trinajstić information content (AvgIpc) is 2.58. The molecule has 0 radical (unpaired) electrons. The number of hydrogen-bond donors (Lipinski definition) is 0. The minimum absolute atomic E-state index is 0.0409. The van der Waals surface area contributed by atoms with Crippen LogP contribution < -0.4 is 9.64 Å². The molecule has 0 atom stereocenters. The maximum absolute atomic E-state index is 11.4. The quantitative estimate of drug-likeness (QED) is 0.351. The van der Waals surface area contributed by atoms with Crippen LogP contribution in [0.3, 0.4) is 0 Å². The Morgan fingerprint density at radius 3 is 2.42 bits per heavy atom. The predicted molar refractivity (Wildman–Crippen MR) is 104 cm³/mol. The lowest BCUT2D eigenvalue weighted by molar-refractivity contribution is -0.384. The minimum atomic E-state index is -3.22. The molecule has 0 aliphatic rings. The van der Waals surface area contributed by atoms with Gasteiger partial charge in [-0.1, -0.05) is 15.9 Å². The van der Waals surface area contributed by atoms with Crippen LogP contribution in [-0.2, 0) is 9.84 Å².